The van der Waals surface area contributed by atoms with Crippen LogP contribution in [0.25, 0.3) is 0 Å². The number of benzene rings is 2. The lowest BCUT2D eigenvalue weighted by molar-refractivity contribution is 0.0744. The zero-order valence-corrected chi connectivity index (χ0v) is 12.8. The predicted octanol–water partition coefficient (Wildman–Crippen LogP) is 2.84. The Morgan fingerprint density at radius 3 is 1.91 bits per heavy atom. The Morgan fingerprint density at radius 2 is 1.41 bits per heavy atom. The van der Waals surface area contributed by atoms with Crippen molar-refractivity contribution in [2.45, 2.75) is 6.92 Å². The van der Waals surface area contributed by atoms with Crippen LogP contribution >= 0.6 is 7.52 Å². The second-order valence-corrected chi connectivity index (χ2v) is 6.96. The molecule has 2 amide bonds. The fourth-order valence-electron chi connectivity index (χ4n) is 2.45. The number of nitrogens with zero attached hydrogens (tertiary/aromatic N) is 1. The number of rotatable bonds is 4. The zero-order chi connectivity index (χ0) is 15.7. The Balaban J connectivity index is 2.14. The van der Waals surface area contributed by atoms with Gasteiger partial charge in [0.1, 0.15) is 0 Å². The maximum Gasteiger partial charge on any atom is 0.335 e. The molecule has 3 rings (SSSR count). The van der Waals surface area contributed by atoms with Crippen LogP contribution in [0.4, 0.5) is 0 Å². The predicted molar refractivity (Wildman–Crippen MR) is 82.3 cm³/mol. The summed E-state index contributed by atoms with van der Waals surface area (Å²) >= 11 is 0. The van der Waals surface area contributed by atoms with Crippen molar-refractivity contribution in [3.05, 3.63) is 65.7 Å². The third-order valence-electron chi connectivity index (χ3n) is 3.42. The average Bonchev–Trinajstić information content (AvgIpc) is 2.81. The molecule has 1 aliphatic rings. The lowest BCUT2D eigenvalue weighted by Gasteiger charge is -2.25. The van der Waals surface area contributed by atoms with Gasteiger partial charge in [0.05, 0.1) is 23.0 Å². The van der Waals surface area contributed by atoms with Gasteiger partial charge < -0.3 is 4.52 Å². The molecule has 2 aromatic rings. The molecular weight excluding hydrogens is 301 g/mol. The van der Waals surface area contributed by atoms with E-state index in [1.54, 1.807) is 61.5 Å². The van der Waals surface area contributed by atoms with Crippen LogP contribution < -0.4 is 5.30 Å². The minimum Gasteiger partial charge on any atom is -0.310 e. The van der Waals surface area contributed by atoms with E-state index in [0.717, 1.165) is 4.67 Å². The molecule has 6 heteroatoms. The summed E-state index contributed by atoms with van der Waals surface area (Å²) in [4.78, 5) is 25.1. The Bertz CT molecular complexity index is 753. The summed E-state index contributed by atoms with van der Waals surface area (Å²) in [6.07, 6.45) is 0. The zero-order valence-electron chi connectivity index (χ0n) is 11.9. The summed E-state index contributed by atoms with van der Waals surface area (Å²) in [5, 5.41) is 0.325. The van der Waals surface area contributed by atoms with Crippen molar-refractivity contribution in [2.24, 2.45) is 0 Å². The standard InChI is InChI=1S/C16H14NO4P/c1-2-21-22(20,12-8-4-3-5-9-12)17-15(18)13-10-6-7-11-14(13)16(17)19/h3-11H,2H2,1H3. The Hall–Kier alpha value is -2.23. The largest absolute Gasteiger partial charge is 0.335 e. The molecule has 112 valence electrons. The first-order valence-electron chi connectivity index (χ1n) is 6.88. The van der Waals surface area contributed by atoms with Crippen LogP contribution in [-0.4, -0.2) is 23.1 Å². The van der Waals surface area contributed by atoms with Crippen LogP contribution in [0.3, 0.4) is 0 Å². The maximum atomic E-state index is 13.4. The van der Waals surface area contributed by atoms with Gasteiger partial charge in [0.2, 0.25) is 0 Å². The molecule has 1 aliphatic heterocycles. The quantitative estimate of drug-likeness (QED) is 0.643. The fraction of sp³-hybridized carbons (Fsp3) is 0.125. The van der Waals surface area contributed by atoms with Gasteiger partial charge in [-0.1, -0.05) is 30.3 Å². The van der Waals surface area contributed by atoms with E-state index in [0.29, 0.717) is 5.30 Å². The first-order chi connectivity index (χ1) is 10.6. The molecule has 22 heavy (non-hydrogen) atoms. The van der Waals surface area contributed by atoms with Crippen LogP contribution in [0.15, 0.2) is 54.6 Å². The molecule has 0 bridgehead atoms. The average molecular weight is 315 g/mol. The van der Waals surface area contributed by atoms with Crippen molar-refractivity contribution in [3.63, 3.8) is 0 Å². The number of carbonyl (C=O) groups is 2. The molecule has 0 radical (unpaired) electrons. The van der Waals surface area contributed by atoms with Crippen LogP contribution in [0, 0.1) is 0 Å². The molecule has 2 aromatic carbocycles. The van der Waals surface area contributed by atoms with Crippen LogP contribution in [0.2, 0.25) is 0 Å². The first kappa shape index (κ1) is 14.7. The van der Waals surface area contributed by atoms with Gasteiger partial charge in [-0.3, -0.25) is 14.2 Å². The van der Waals surface area contributed by atoms with Crippen molar-refractivity contribution < 1.29 is 18.7 Å². The molecule has 0 aliphatic carbocycles. The highest BCUT2D eigenvalue weighted by Gasteiger charge is 2.48. The molecule has 1 atom stereocenters. The molecule has 0 N–H and O–H groups in total. The summed E-state index contributed by atoms with van der Waals surface area (Å²) in [5.41, 5.74) is 0.506. The minimum absolute atomic E-state index is 0.125. The van der Waals surface area contributed by atoms with Crippen molar-refractivity contribution in [1.82, 2.24) is 4.67 Å². The van der Waals surface area contributed by atoms with E-state index in [9.17, 15) is 14.2 Å². The summed E-state index contributed by atoms with van der Waals surface area (Å²) in [6, 6.07) is 14.8. The van der Waals surface area contributed by atoms with E-state index in [1.165, 1.54) is 0 Å². The topological polar surface area (TPSA) is 63.7 Å². The summed E-state index contributed by atoms with van der Waals surface area (Å²) in [5.74, 6) is -1.16. The Kier molecular flexibility index (Phi) is 3.69. The SMILES string of the molecule is CCOP(=O)(c1ccccc1)N1C(=O)c2ccccc2C1=O. The van der Waals surface area contributed by atoms with Gasteiger partial charge >= 0.3 is 7.52 Å². The monoisotopic (exact) mass is 315 g/mol. The lowest BCUT2D eigenvalue weighted by atomic mass is 10.1. The number of fused-ring (bicyclic) bond motifs is 1. The van der Waals surface area contributed by atoms with Crippen molar-refractivity contribution in [2.75, 3.05) is 6.61 Å². The van der Waals surface area contributed by atoms with Gasteiger partial charge in [-0.05, 0) is 31.2 Å². The van der Waals surface area contributed by atoms with Crippen LogP contribution in [0.5, 0.6) is 0 Å². The smallest absolute Gasteiger partial charge is 0.310 e. The fourth-order valence-corrected chi connectivity index (χ4v) is 4.54. The maximum absolute atomic E-state index is 13.4. The molecule has 5 nitrogen and oxygen atoms in total. The van der Waals surface area contributed by atoms with E-state index in [1.807, 2.05) is 0 Å². The summed E-state index contributed by atoms with van der Waals surface area (Å²) in [6.45, 7) is 1.80. The molecule has 1 heterocycles. The van der Waals surface area contributed by atoms with E-state index in [-0.39, 0.29) is 17.7 Å². The van der Waals surface area contributed by atoms with Crippen molar-refractivity contribution in [3.8, 4) is 0 Å². The molecule has 0 fully saturated rings. The Labute approximate surface area is 128 Å². The third kappa shape index (κ3) is 2.10. The third-order valence-corrected chi connectivity index (χ3v) is 5.87. The second-order valence-electron chi connectivity index (χ2n) is 4.74. The van der Waals surface area contributed by atoms with Crippen LogP contribution in [0.1, 0.15) is 27.6 Å². The normalized spacial score (nSPS) is 16.5. The number of amides is 2. The minimum atomic E-state index is -3.78. The van der Waals surface area contributed by atoms with Crippen molar-refractivity contribution in [1.29, 1.82) is 0 Å². The van der Waals surface area contributed by atoms with E-state index >= 15 is 0 Å². The summed E-state index contributed by atoms with van der Waals surface area (Å²) < 4.78 is 19.6. The van der Waals surface area contributed by atoms with Gasteiger partial charge in [-0.15, -0.1) is 0 Å². The van der Waals surface area contributed by atoms with Gasteiger partial charge in [-0.2, -0.15) is 4.67 Å². The number of hydrogen-bond donors (Lipinski definition) is 0. The van der Waals surface area contributed by atoms with Gasteiger partial charge in [0, 0.05) is 0 Å². The molecule has 0 aromatic heterocycles. The lowest BCUT2D eigenvalue weighted by Crippen LogP contribution is -2.32. The molecule has 0 spiro atoms. The van der Waals surface area contributed by atoms with E-state index in [2.05, 4.69) is 0 Å². The molecule has 1 unspecified atom stereocenters. The molecule has 0 saturated carbocycles. The number of hydrogen-bond acceptors (Lipinski definition) is 4. The number of imide groups is 1. The summed E-state index contributed by atoms with van der Waals surface area (Å²) in [7, 11) is -3.78. The first-order valence-corrected chi connectivity index (χ1v) is 8.46. The van der Waals surface area contributed by atoms with Gasteiger partial charge in [0.25, 0.3) is 11.8 Å². The number of carbonyl (C=O) groups excluding carboxylic acids is 2. The van der Waals surface area contributed by atoms with Gasteiger partial charge in [0.15, 0.2) is 0 Å². The molecular formula is C16H14NO4P. The Morgan fingerprint density at radius 1 is 0.909 bits per heavy atom. The highest BCUT2D eigenvalue weighted by molar-refractivity contribution is 7.66. The van der Waals surface area contributed by atoms with Crippen LogP contribution in [-0.2, 0) is 9.09 Å². The highest BCUT2D eigenvalue weighted by Crippen LogP contribution is 2.53. The van der Waals surface area contributed by atoms with Gasteiger partial charge in [-0.25, -0.2) is 0 Å². The van der Waals surface area contributed by atoms with E-state index < -0.39 is 19.3 Å². The highest BCUT2D eigenvalue weighted by atomic mass is 31.2. The second kappa shape index (κ2) is 5.52. The molecule has 0 saturated heterocycles. The van der Waals surface area contributed by atoms with E-state index in [4.69, 9.17) is 4.52 Å². The van der Waals surface area contributed by atoms with Crippen molar-refractivity contribution >= 4 is 24.6 Å².